The Hall–Kier alpha value is -1.30. The summed E-state index contributed by atoms with van der Waals surface area (Å²) in [4.78, 5) is 0. The number of hydrogen-bond acceptors (Lipinski definition) is 5. The van der Waals surface area contributed by atoms with Crippen molar-refractivity contribution in [2.24, 2.45) is 5.41 Å². The number of hydrogen-bond donors (Lipinski definition) is 3. The molecule has 20 heavy (non-hydrogen) atoms. The molecular weight excluding hydrogens is 258 g/mol. The van der Waals surface area contributed by atoms with Gasteiger partial charge in [-0.3, -0.25) is 0 Å². The van der Waals surface area contributed by atoms with E-state index < -0.39 is 6.10 Å². The van der Waals surface area contributed by atoms with E-state index in [0.717, 1.165) is 11.3 Å². The Labute approximate surface area is 119 Å². The first-order chi connectivity index (χ1) is 9.52. The predicted octanol–water partition coefficient (Wildman–Crippen LogP) is 1.10. The fraction of sp³-hybridized carbons (Fsp3) is 0.600. The van der Waals surface area contributed by atoms with Gasteiger partial charge >= 0.3 is 0 Å². The second kappa shape index (κ2) is 6.43. The summed E-state index contributed by atoms with van der Waals surface area (Å²) < 4.78 is 10.9. The summed E-state index contributed by atoms with van der Waals surface area (Å²) in [6.07, 6.45) is -0.611. The summed E-state index contributed by atoms with van der Waals surface area (Å²) in [5.74, 6) is 1.41. The van der Waals surface area contributed by atoms with Crippen molar-refractivity contribution in [2.75, 3.05) is 32.9 Å². The van der Waals surface area contributed by atoms with Crippen LogP contribution < -0.4 is 14.8 Å². The number of aliphatic hydroxyl groups excluding tert-OH is 2. The Kier molecular flexibility index (Phi) is 4.86. The second-order valence-corrected chi connectivity index (χ2v) is 5.87. The van der Waals surface area contributed by atoms with Crippen LogP contribution >= 0.6 is 0 Å². The quantitative estimate of drug-likeness (QED) is 0.728. The number of ether oxygens (including phenoxy) is 2. The third-order valence-electron chi connectivity index (χ3n) is 3.32. The molecule has 0 aliphatic carbocycles. The van der Waals surface area contributed by atoms with E-state index in [2.05, 4.69) is 5.32 Å². The summed E-state index contributed by atoms with van der Waals surface area (Å²) in [6, 6.07) is 5.49. The summed E-state index contributed by atoms with van der Waals surface area (Å²) in [6.45, 7) is 6.23. The average molecular weight is 281 g/mol. The van der Waals surface area contributed by atoms with Crippen LogP contribution in [0.4, 0.5) is 0 Å². The van der Waals surface area contributed by atoms with Crippen LogP contribution in [-0.2, 0) is 0 Å². The first-order valence-electron chi connectivity index (χ1n) is 6.91. The first-order valence-corrected chi connectivity index (χ1v) is 6.91. The molecule has 1 unspecified atom stereocenters. The maximum atomic E-state index is 10.2. The van der Waals surface area contributed by atoms with Crippen molar-refractivity contribution in [3.8, 4) is 11.5 Å². The molecule has 5 nitrogen and oxygen atoms in total. The largest absolute Gasteiger partial charge is 0.486 e. The molecule has 1 aromatic rings. The number of rotatable bonds is 6. The van der Waals surface area contributed by atoms with Gasteiger partial charge in [0.05, 0.1) is 6.10 Å². The van der Waals surface area contributed by atoms with E-state index >= 15 is 0 Å². The van der Waals surface area contributed by atoms with Crippen LogP contribution in [-0.4, -0.2) is 43.1 Å². The molecule has 0 aromatic heterocycles. The highest BCUT2D eigenvalue weighted by molar-refractivity contribution is 5.44. The number of nitrogens with one attached hydrogen (secondary N) is 1. The highest BCUT2D eigenvalue weighted by atomic mass is 16.6. The highest BCUT2D eigenvalue weighted by Crippen LogP contribution is 2.32. The molecular formula is C15H23NO4. The molecule has 1 atom stereocenters. The summed E-state index contributed by atoms with van der Waals surface area (Å²) in [5, 5.41) is 22.5. The van der Waals surface area contributed by atoms with Gasteiger partial charge in [-0.25, -0.2) is 0 Å². The molecule has 0 amide bonds. The topological polar surface area (TPSA) is 71.0 Å². The molecule has 1 heterocycles. The molecule has 0 saturated heterocycles. The van der Waals surface area contributed by atoms with Crippen LogP contribution in [0, 0.1) is 5.41 Å². The zero-order chi connectivity index (χ0) is 14.6. The SMILES string of the molecule is CC(C)(CO)CNCC(O)c1ccc2c(c1)OCCO2. The lowest BCUT2D eigenvalue weighted by Gasteiger charge is -2.24. The third-order valence-corrected chi connectivity index (χ3v) is 3.32. The normalized spacial score (nSPS) is 16.0. The Balaban J connectivity index is 1.91. The Morgan fingerprint density at radius 2 is 1.95 bits per heavy atom. The van der Waals surface area contributed by atoms with E-state index in [1.54, 1.807) is 0 Å². The fourth-order valence-corrected chi connectivity index (χ4v) is 1.99. The molecule has 1 aromatic carbocycles. The minimum atomic E-state index is -0.611. The summed E-state index contributed by atoms with van der Waals surface area (Å²) in [7, 11) is 0. The zero-order valence-electron chi connectivity index (χ0n) is 12.1. The summed E-state index contributed by atoms with van der Waals surface area (Å²) in [5.41, 5.74) is 0.607. The third kappa shape index (κ3) is 3.85. The second-order valence-electron chi connectivity index (χ2n) is 5.87. The molecule has 0 spiro atoms. The predicted molar refractivity (Wildman–Crippen MR) is 76.1 cm³/mol. The number of fused-ring (bicyclic) bond motifs is 1. The maximum absolute atomic E-state index is 10.2. The maximum Gasteiger partial charge on any atom is 0.161 e. The molecule has 0 bridgehead atoms. The molecule has 112 valence electrons. The van der Waals surface area contributed by atoms with Crippen LogP contribution in [0.2, 0.25) is 0 Å². The molecule has 0 fully saturated rings. The van der Waals surface area contributed by atoms with Crippen molar-refractivity contribution in [3.05, 3.63) is 23.8 Å². The van der Waals surface area contributed by atoms with Gasteiger partial charge in [0.1, 0.15) is 13.2 Å². The van der Waals surface area contributed by atoms with Crippen molar-refractivity contribution in [3.63, 3.8) is 0 Å². The Morgan fingerprint density at radius 1 is 1.25 bits per heavy atom. The van der Waals surface area contributed by atoms with Crippen LogP contribution in [0.5, 0.6) is 11.5 Å². The van der Waals surface area contributed by atoms with Crippen LogP contribution in [0.15, 0.2) is 18.2 Å². The standard InChI is InChI=1S/C15H23NO4/c1-15(2,10-17)9-16-8-12(18)11-3-4-13-14(7-11)20-6-5-19-13/h3-4,7,12,16-18H,5-6,8-10H2,1-2H3. The van der Waals surface area contributed by atoms with E-state index in [-0.39, 0.29) is 12.0 Å². The van der Waals surface area contributed by atoms with Crippen molar-refractivity contribution < 1.29 is 19.7 Å². The van der Waals surface area contributed by atoms with Gasteiger partial charge in [0.25, 0.3) is 0 Å². The minimum absolute atomic E-state index is 0.111. The Bertz CT molecular complexity index is 447. The van der Waals surface area contributed by atoms with Gasteiger partial charge in [-0.15, -0.1) is 0 Å². The lowest BCUT2D eigenvalue weighted by Crippen LogP contribution is -2.34. The molecule has 5 heteroatoms. The zero-order valence-corrected chi connectivity index (χ0v) is 12.1. The lowest BCUT2D eigenvalue weighted by atomic mass is 9.95. The van der Waals surface area contributed by atoms with Gasteiger partial charge < -0.3 is 25.0 Å². The van der Waals surface area contributed by atoms with Crippen molar-refractivity contribution in [1.82, 2.24) is 5.32 Å². The van der Waals surface area contributed by atoms with E-state index in [1.165, 1.54) is 0 Å². The smallest absolute Gasteiger partial charge is 0.161 e. The van der Waals surface area contributed by atoms with Crippen molar-refractivity contribution in [1.29, 1.82) is 0 Å². The van der Waals surface area contributed by atoms with Gasteiger partial charge in [0.15, 0.2) is 11.5 Å². The molecule has 3 N–H and O–H groups in total. The average Bonchev–Trinajstić information content (AvgIpc) is 2.46. The first kappa shape index (κ1) is 15.1. The van der Waals surface area contributed by atoms with Crippen molar-refractivity contribution in [2.45, 2.75) is 20.0 Å². The Morgan fingerprint density at radius 3 is 2.65 bits per heavy atom. The van der Waals surface area contributed by atoms with E-state index in [0.29, 0.717) is 32.1 Å². The van der Waals surface area contributed by atoms with Crippen LogP contribution in [0.25, 0.3) is 0 Å². The van der Waals surface area contributed by atoms with Gasteiger partial charge in [-0.1, -0.05) is 19.9 Å². The van der Waals surface area contributed by atoms with E-state index in [4.69, 9.17) is 9.47 Å². The minimum Gasteiger partial charge on any atom is -0.486 e. The van der Waals surface area contributed by atoms with Crippen molar-refractivity contribution >= 4 is 0 Å². The molecule has 1 aliphatic rings. The summed E-state index contributed by atoms with van der Waals surface area (Å²) >= 11 is 0. The number of benzene rings is 1. The van der Waals surface area contributed by atoms with Gasteiger partial charge in [-0.2, -0.15) is 0 Å². The lowest BCUT2D eigenvalue weighted by molar-refractivity contribution is 0.137. The van der Waals surface area contributed by atoms with Crippen LogP contribution in [0.3, 0.4) is 0 Å². The van der Waals surface area contributed by atoms with E-state index in [1.807, 2.05) is 32.0 Å². The van der Waals surface area contributed by atoms with Gasteiger partial charge in [0.2, 0.25) is 0 Å². The molecule has 0 radical (unpaired) electrons. The molecule has 2 rings (SSSR count). The number of aliphatic hydroxyl groups is 2. The molecule has 1 aliphatic heterocycles. The monoisotopic (exact) mass is 281 g/mol. The molecule has 0 saturated carbocycles. The van der Waals surface area contributed by atoms with Gasteiger partial charge in [0, 0.05) is 25.1 Å². The van der Waals surface area contributed by atoms with Gasteiger partial charge in [-0.05, 0) is 17.7 Å². The highest BCUT2D eigenvalue weighted by Gasteiger charge is 2.18. The van der Waals surface area contributed by atoms with Crippen LogP contribution in [0.1, 0.15) is 25.5 Å². The van der Waals surface area contributed by atoms with E-state index in [9.17, 15) is 10.2 Å². The fourth-order valence-electron chi connectivity index (χ4n) is 1.99.